The van der Waals surface area contributed by atoms with Crippen LogP contribution >= 0.6 is 11.6 Å². The number of anilines is 2. The molecule has 0 aliphatic heterocycles. The zero-order chi connectivity index (χ0) is 23.3. The minimum atomic E-state index is -3.91. The quantitative estimate of drug-likeness (QED) is 0.468. The molecule has 1 atom stereocenters. The third kappa shape index (κ3) is 6.09. The van der Waals surface area contributed by atoms with Crippen LogP contribution in [0.1, 0.15) is 35.8 Å². The third-order valence-corrected chi connectivity index (χ3v) is 6.15. The lowest BCUT2D eigenvalue weighted by Crippen LogP contribution is -2.27. The number of halogens is 1. The summed E-state index contributed by atoms with van der Waals surface area (Å²) in [6.07, 6.45) is 0. The number of amides is 2. The molecule has 0 saturated carbocycles. The fourth-order valence-electron chi connectivity index (χ4n) is 3.02. The molecule has 0 heterocycles. The number of carbonyl (C=O) groups excluding carboxylic acids is 2. The molecule has 0 spiro atoms. The van der Waals surface area contributed by atoms with Gasteiger partial charge in [0, 0.05) is 23.2 Å². The Hall–Kier alpha value is -3.36. The summed E-state index contributed by atoms with van der Waals surface area (Å²) in [6, 6.07) is 18.8. The molecule has 9 heteroatoms. The van der Waals surface area contributed by atoms with Gasteiger partial charge in [0.15, 0.2) is 0 Å². The molecule has 32 heavy (non-hydrogen) atoms. The molecule has 2 amide bonds. The molecular weight excluding hydrogens is 450 g/mol. The van der Waals surface area contributed by atoms with Crippen LogP contribution in [0.4, 0.5) is 11.4 Å². The molecule has 0 fully saturated rings. The number of hydrogen-bond acceptors (Lipinski definition) is 4. The first-order chi connectivity index (χ1) is 15.1. The first kappa shape index (κ1) is 23.3. The van der Waals surface area contributed by atoms with E-state index in [-0.39, 0.29) is 22.4 Å². The van der Waals surface area contributed by atoms with E-state index in [2.05, 4.69) is 15.4 Å². The van der Waals surface area contributed by atoms with E-state index in [4.69, 9.17) is 11.6 Å². The van der Waals surface area contributed by atoms with Crippen LogP contribution < -0.4 is 15.4 Å². The Balaban J connectivity index is 1.75. The van der Waals surface area contributed by atoms with E-state index < -0.39 is 15.9 Å². The number of hydrogen-bond donors (Lipinski definition) is 3. The van der Waals surface area contributed by atoms with Crippen molar-refractivity contribution in [3.63, 3.8) is 0 Å². The largest absolute Gasteiger partial charge is 0.346 e. The van der Waals surface area contributed by atoms with Gasteiger partial charge in [-0.2, -0.15) is 0 Å². The molecule has 0 bridgehead atoms. The molecule has 0 aromatic heterocycles. The average molecular weight is 472 g/mol. The summed E-state index contributed by atoms with van der Waals surface area (Å²) in [7, 11) is -3.91. The summed E-state index contributed by atoms with van der Waals surface area (Å²) in [4.78, 5) is 24.0. The standard InChI is InChI=1S/C23H22ClN3O4S/c1-15(17-6-3-9-20(12-17)26-16(2)28)25-23(29)18-7-4-11-22(13-18)32(30,31)27-21-10-5-8-19(24)14-21/h3-15,27H,1-2H3,(H,25,29)(H,26,28). The lowest BCUT2D eigenvalue weighted by atomic mass is 10.1. The van der Waals surface area contributed by atoms with Gasteiger partial charge in [0.05, 0.1) is 16.6 Å². The Bertz CT molecular complexity index is 1260. The van der Waals surface area contributed by atoms with Crippen molar-refractivity contribution in [2.75, 3.05) is 10.0 Å². The van der Waals surface area contributed by atoms with Crippen molar-refractivity contribution in [3.05, 3.63) is 88.9 Å². The first-order valence-electron chi connectivity index (χ1n) is 9.71. The van der Waals surface area contributed by atoms with E-state index >= 15 is 0 Å². The highest BCUT2D eigenvalue weighted by Gasteiger charge is 2.18. The van der Waals surface area contributed by atoms with E-state index in [1.54, 1.807) is 43.3 Å². The Morgan fingerprint density at radius 3 is 2.31 bits per heavy atom. The maximum Gasteiger partial charge on any atom is 0.261 e. The summed E-state index contributed by atoms with van der Waals surface area (Å²) >= 11 is 5.91. The van der Waals surface area contributed by atoms with Crippen molar-refractivity contribution in [2.45, 2.75) is 24.8 Å². The second-order valence-corrected chi connectivity index (χ2v) is 9.26. The van der Waals surface area contributed by atoms with Crippen molar-refractivity contribution < 1.29 is 18.0 Å². The molecule has 7 nitrogen and oxygen atoms in total. The number of sulfonamides is 1. The Labute approximate surface area is 191 Å². The van der Waals surface area contributed by atoms with Crippen LogP contribution in [-0.4, -0.2) is 20.2 Å². The van der Waals surface area contributed by atoms with Crippen LogP contribution in [0.2, 0.25) is 5.02 Å². The molecule has 3 aromatic rings. The highest BCUT2D eigenvalue weighted by Crippen LogP contribution is 2.21. The van der Waals surface area contributed by atoms with Gasteiger partial charge in [-0.15, -0.1) is 0 Å². The zero-order valence-electron chi connectivity index (χ0n) is 17.4. The lowest BCUT2D eigenvalue weighted by molar-refractivity contribution is -0.114. The summed E-state index contributed by atoms with van der Waals surface area (Å²) in [6.45, 7) is 3.21. The van der Waals surface area contributed by atoms with Crippen molar-refractivity contribution in [1.29, 1.82) is 0 Å². The van der Waals surface area contributed by atoms with E-state index in [9.17, 15) is 18.0 Å². The van der Waals surface area contributed by atoms with E-state index in [1.165, 1.54) is 37.3 Å². The fraction of sp³-hybridized carbons (Fsp3) is 0.130. The van der Waals surface area contributed by atoms with Gasteiger partial charge < -0.3 is 10.6 Å². The number of carbonyl (C=O) groups is 2. The van der Waals surface area contributed by atoms with E-state index in [1.807, 2.05) is 6.07 Å². The number of rotatable bonds is 7. The zero-order valence-corrected chi connectivity index (χ0v) is 19.0. The molecule has 3 rings (SSSR count). The minimum Gasteiger partial charge on any atom is -0.346 e. The van der Waals surface area contributed by atoms with Gasteiger partial charge in [-0.05, 0) is 61.0 Å². The van der Waals surface area contributed by atoms with Gasteiger partial charge in [0.25, 0.3) is 15.9 Å². The van der Waals surface area contributed by atoms with Crippen LogP contribution in [0, 0.1) is 0 Å². The summed E-state index contributed by atoms with van der Waals surface area (Å²) in [5.74, 6) is -0.620. The second-order valence-electron chi connectivity index (χ2n) is 7.15. The smallest absolute Gasteiger partial charge is 0.261 e. The van der Waals surface area contributed by atoms with Gasteiger partial charge in [-0.1, -0.05) is 35.9 Å². The summed E-state index contributed by atoms with van der Waals surface area (Å²) < 4.78 is 27.9. The van der Waals surface area contributed by atoms with Crippen LogP contribution in [-0.2, 0) is 14.8 Å². The van der Waals surface area contributed by atoms with Crippen LogP contribution in [0.25, 0.3) is 0 Å². The van der Waals surface area contributed by atoms with Crippen molar-refractivity contribution >= 4 is 44.8 Å². The predicted octanol–water partition coefficient (Wildman–Crippen LogP) is 4.59. The lowest BCUT2D eigenvalue weighted by Gasteiger charge is -2.16. The molecule has 0 saturated heterocycles. The predicted molar refractivity (Wildman–Crippen MR) is 125 cm³/mol. The maximum absolute atomic E-state index is 12.8. The molecule has 3 N–H and O–H groups in total. The SMILES string of the molecule is CC(=O)Nc1cccc(C(C)NC(=O)c2cccc(S(=O)(=O)Nc3cccc(Cl)c3)c2)c1. The van der Waals surface area contributed by atoms with Gasteiger partial charge in [0.2, 0.25) is 5.91 Å². The van der Waals surface area contributed by atoms with Gasteiger partial charge in [-0.25, -0.2) is 8.42 Å². The monoisotopic (exact) mass is 471 g/mol. The normalized spacial score (nSPS) is 12.0. The van der Waals surface area contributed by atoms with Gasteiger partial charge >= 0.3 is 0 Å². The Morgan fingerprint density at radius 2 is 1.59 bits per heavy atom. The topological polar surface area (TPSA) is 104 Å². The molecular formula is C23H22ClN3O4S. The maximum atomic E-state index is 12.8. The van der Waals surface area contributed by atoms with Gasteiger partial charge in [0.1, 0.15) is 0 Å². The van der Waals surface area contributed by atoms with Crippen LogP contribution in [0.3, 0.4) is 0 Å². The molecule has 0 aliphatic rings. The van der Waals surface area contributed by atoms with E-state index in [0.717, 1.165) is 5.56 Å². The number of benzene rings is 3. The Morgan fingerprint density at radius 1 is 0.906 bits per heavy atom. The molecule has 166 valence electrons. The highest BCUT2D eigenvalue weighted by molar-refractivity contribution is 7.92. The highest BCUT2D eigenvalue weighted by atomic mass is 35.5. The van der Waals surface area contributed by atoms with Crippen LogP contribution in [0.15, 0.2) is 77.7 Å². The second kappa shape index (κ2) is 9.84. The third-order valence-electron chi connectivity index (χ3n) is 4.54. The van der Waals surface area contributed by atoms with Crippen LogP contribution in [0.5, 0.6) is 0 Å². The van der Waals surface area contributed by atoms with Crippen molar-refractivity contribution in [3.8, 4) is 0 Å². The molecule has 3 aromatic carbocycles. The van der Waals surface area contributed by atoms with Crippen molar-refractivity contribution in [2.24, 2.45) is 0 Å². The van der Waals surface area contributed by atoms with Crippen molar-refractivity contribution in [1.82, 2.24) is 5.32 Å². The summed E-state index contributed by atoms with van der Waals surface area (Å²) in [5, 5.41) is 5.94. The Kier molecular flexibility index (Phi) is 7.17. The molecule has 1 unspecified atom stereocenters. The van der Waals surface area contributed by atoms with E-state index in [0.29, 0.717) is 16.4 Å². The summed E-state index contributed by atoms with van der Waals surface area (Å²) in [5.41, 5.74) is 1.93. The first-order valence-corrected chi connectivity index (χ1v) is 11.6. The average Bonchev–Trinajstić information content (AvgIpc) is 2.73. The molecule has 0 radical (unpaired) electrons. The number of nitrogens with one attached hydrogen (secondary N) is 3. The molecule has 0 aliphatic carbocycles. The minimum absolute atomic E-state index is 0.0505. The fourth-order valence-corrected chi connectivity index (χ4v) is 4.31. The van der Waals surface area contributed by atoms with Gasteiger partial charge in [-0.3, -0.25) is 14.3 Å².